The largest absolute Gasteiger partial charge is 0.327 e. The van der Waals surface area contributed by atoms with Gasteiger partial charge in [0.15, 0.2) is 0 Å². The first-order valence-corrected chi connectivity index (χ1v) is 7.85. The Morgan fingerprint density at radius 1 is 1.35 bits per heavy atom. The van der Waals surface area contributed by atoms with Crippen molar-refractivity contribution in [2.24, 2.45) is 5.41 Å². The predicted octanol–water partition coefficient (Wildman–Crippen LogP) is 4.54. The van der Waals surface area contributed by atoms with Gasteiger partial charge in [0, 0.05) is 18.8 Å². The monoisotopic (exact) mass is 294 g/mol. The zero-order valence-electron chi connectivity index (χ0n) is 11.8. The number of fused-ring (bicyclic) bond motifs is 1. The van der Waals surface area contributed by atoms with Crippen molar-refractivity contribution in [3.05, 3.63) is 29.8 Å². The summed E-state index contributed by atoms with van der Waals surface area (Å²) in [4.78, 5) is 4.63. The van der Waals surface area contributed by atoms with Crippen LogP contribution >= 0.6 is 11.6 Å². The van der Waals surface area contributed by atoms with E-state index in [9.17, 15) is 4.39 Å². The molecule has 0 N–H and O–H groups in total. The van der Waals surface area contributed by atoms with E-state index in [1.807, 2.05) is 0 Å². The zero-order valence-corrected chi connectivity index (χ0v) is 12.6. The number of imidazole rings is 1. The van der Waals surface area contributed by atoms with Crippen LogP contribution < -0.4 is 0 Å². The Hall–Kier alpha value is -1.09. The first kappa shape index (κ1) is 13.9. The third-order valence-electron chi connectivity index (χ3n) is 4.46. The van der Waals surface area contributed by atoms with E-state index in [0.29, 0.717) is 11.3 Å². The number of hydrogen-bond donors (Lipinski definition) is 0. The fourth-order valence-electron chi connectivity index (χ4n) is 3.37. The number of nitrogens with zero attached hydrogens (tertiary/aromatic N) is 2. The molecule has 0 atom stereocenters. The summed E-state index contributed by atoms with van der Waals surface area (Å²) in [5, 5.41) is 0. The number of aromatic nitrogens is 2. The Balaban J connectivity index is 2.05. The van der Waals surface area contributed by atoms with Crippen molar-refractivity contribution in [2.75, 3.05) is 5.88 Å². The maximum Gasteiger partial charge on any atom is 0.125 e. The number of halogens is 2. The van der Waals surface area contributed by atoms with Gasteiger partial charge in [-0.3, -0.25) is 0 Å². The maximum absolute atomic E-state index is 13.6. The number of aryl methyl sites for hydroxylation is 1. The minimum absolute atomic E-state index is 0.201. The molecule has 108 valence electrons. The van der Waals surface area contributed by atoms with Crippen molar-refractivity contribution in [2.45, 2.75) is 45.6 Å². The van der Waals surface area contributed by atoms with E-state index in [1.165, 1.54) is 31.7 Å². The lowest BCUT2D eigenvalue weighted by molar-refractivity contribution is 0.282. The summed E-state index contributed by atoms with van der Waals surface area (Å²) in [5.74, 6) is 1.32. The van der Waals surface area contributed by atoms with Crippen LogP contribution in [0.25, 0.3) is 11.0 Å². The van der Waals surface area contributed by atoms with Gasteiger partial charge in [-0.05, 0) is 36.5 Å². The third-order valence-corrected chi connectivity index (χ3v) is 4.65. The summed E-state index contributed by atoms with van der Waals surface area (Å²) in [5.41, 5.74) is 2.08. The van der Waals surface area contributed by atoms with Crippen molar-refractivity contribution in [3.8, 4) is 0 Å². The molecule has 0 amide bonds. The second-order valence-corrected chi connectivity index (χ2v) is 6.58. The lowest BCUT2D eigenvalue weighted by Gasteiger charge is -2.25. The van der Waals surface area contributed by atoms with Crippen molar-refractivity contribution in [1.82, 2.24) is 9.55 Å². The van der Waals surface area contributed by atoms with Gasteiger partial charge >= 0.3 is 0 Å². The second kappa shape index (κ2) is 5.36. The summed E-state index contributed by atoms with van der Waals surface area (Å²) < 4.78 is 15.7. The molecule has 1 fully saturated rings. The Bertz CT molecular complexity index is 614. The van der Waals surface area contributed by atoms with Crippen molar-refractivity contribution in [1.29, 1.82) is 0 Å². The fraction of sp³-hybridized carbons (Fsp3) is 0.562. The number of alkyl halides is 1. The molecular formula is C16H20ClFN2. The summed E-state index contributed by atoms with van der Waals surface area (Å²) in [6.07, 6.45) is 5.79. The van der Waals surface area contributed by atoms with Crippen LogP contribution in [0, 0.1) is 11.2 Å². The molecule has 1 aliphatic rings. The Morgan fingerprint density at radius 3 is 2.80 bits per heavy atom. The second-order valence-electron chi connectivity index (χ2n) is 6.20. The number of rotatable bonds is 4. The Morgan fingerprint density at radius 2 is 2.10 bits per heavy atom. The summed E-state index contributed by atoms with van der Waals surface area (Å²) in [6, 6.07) is 4.83. The topological polar surface area (TPSA) is 17.8 Å². The van der Waals surface area contributed by atoms with E-state index < -0.39 is 0 Å². The molecule has 0 spiro atoms. The molecule has 3 rings (SSSR count). The average molecular weight is 295 g/mol. The van der Waals surface area contributed by atoms with Crippen LogP contribution in [-0.2, 0) is 13.0 Å². The van der Waals surface area contributed by atoms with Crippen LogP contribution in [0.1, 0.15) is 38.4 Å². The molecule has 2 aromatic rings. The highest BCUT2D eigenvalue weighted by Gasteiger charge is 2.30. The summed E-state index contributed by atoms with van der Waals surface area (Å²) >= 11 is 5.89. The zero-order chi connectivity index (χ0) is 14.2. The van der Waals surface area contributed by atoms with Crippen molar-refractivity contribution < 1.29 is 4.39 Å². The van der Waals surface area contributed by atoms with Crippen LogP contribution in [0.15, 0.2) is 18.2 Å². The van der Waals surface area contributed by atoms with E-state index in [4.69, 9.17) is 11.6 Å². The smallest absolute Gasteiger partial charge is 0.125 e. The van der Waals surface area contributed by atoms with Crippen LogP contribution in [0.4, 0.5) is 4.39 Å². The molecule has 20 heavy (non-hydrogen) atoms. The molecule has 0 radical (unpaired) electrons. The van der Waals surface area contributed by atoms with E-state index in [2.05, 4.69) is 16.5 Å². The highest BCUT2D eigenvalue weighted by atomic mass is 35.5. The molecule has 1 aromatic carbocycles. The van der Waals surface area contributed by atoms with Crippen LogP contribution in [0.3, 0.4) is 0 Å². The van der Waals surface area contributed by atoms with Crippen molar-refractivity contribution in [3.63, 3.8) is 0 Å². The van der Waals surface area contributed by atoms with Gasteiger partial charge in [-0.2, -0.15) is 0 Å². The van der Waals surface area contributed by atoms with Crippen molar-refractivity contribution >= 4 is 22.6 Å². The van der Waals surface area contributed by atoms with E-state index in [-0.39, 0.29) is 5.82 Å². The Kier molecular flexibility index (Phi) is 3.72. The molecule has 1 saturated carbocycles. The molecule has 1 aromatic heterocycles. The van der Waals surface area contributed by atoms with Crippen LogP contribution in [0.5, 0.6) is 0 Å². The summed E-state index contributed by atoms with van der Waals surface area (Å²) in [6.45, 7) is 3.24. The minimum atomic E-state index is -0.201. The van der Waals surface area contributed by atoms with E-state index in [0.717, 1.165) is 29.8 Å². The van der Waals surface area contributed by atoms with Gasteiger partial charge in [-0.25, -0.2) is 9.37 Å². The molecule has 0 bridgehead atoms. The number of benzene rings is 1. The van der Waals surface area contributed by atoms with E-state index >= 15 is 0 Å². The minimum Gasteiger partial charge on any atom is -0.327 e. The predicted molar refractivity (Wildman–Crippen MR) is 80.7 cm³/mol. The summed E-state index contributed by atoms with van der Waals surface area (Å²) in [7, 11) is 0. The molecule has 0 aliphatic heterocycles. The first-order chi connectivity index (χ1) is 9.61. The highest BCUT2D eigenvalue weighted by molar-refractivity contribution is 6.17. The lowest BCUT2D eigenvalue weighted by Crippen LogP contribution is -2.21. The molecule has 0 saturated heterocycles. The van der Waals surface area contributed by atoms with Gasteiger partial charge in [0.1, 0.15) is 11.6 Å². The van der Waals surface area contributed by atoms with Gasteiger partial charge in [0.25, 0.3) is 0 Å². The standard InChI is InChI=1S/C16H20ClFN2/c1-16(7-2-3-8-16)11-20-14-10-12(18)4-5-13(14)19-15(20)6-9-17/h4-5,10H,2-3,6-9,11H2,1H3. The third kappa shape index (κ3) is 2.56. The molecule has 1 heterocycles. The molecule has 0 unspecified atom stereocenters. The quantitative estimate of drug-likeness (QED) is 0.757. The molecular weight excluding hydrogens is 275 g/mol. The number of hydrogen-bond acceptors (Lipinski definition) is 1. The first-order valence-electron chi connectivity index (χ1n) is 7.32. The fourth-order valence-corrected chi connectivity index (χ4v) is 3.53. The maximum atomic E-state index is 13.6. The van der Waals surface area contributed by atoms with Gasteiger partial charge in [0.05, 0.1) is 11.0 Å². The molecule has 2 nitrogen and oxygen atoms in total. The normalized spacial score (nSPS) is 17.9. The molecule has 4 heteroatoms. The van der Waals surface area contributed by atoms with Gasteiger partial charge < -0.3 is 4.57 Å². The Labute approximate surface area is 123 Å². The van der Waals surface area contributed by atoms with Gasteiger partial charge in [-0.1, -0.05) is 19.8 Å². The SMILES string of the molecule is CC1(Cn2c(CCCl)nc3ccc(F)cc32)CCCC1. The van der Waals surface area contributed by atoms with Gasteiger partial charge in [-0.15, -0.1) is 11.6 Å². The van der Waals surface area contributed by atoms with Gasteiger partial charge in [0.2, 0.25) is 0 Å². The van der Waals surface area contributed by atoms with Crippen LogP contribution in [0.2, 0.25) is 0 Å². The average Bonchev–Trinajstić information content (AvgIpc) is 2.97. The van der Waals surface area contributed by atoms with E-state index in [1.54, 1.807) is 12.1 Å². The highest BCUT2D eigenvalue weighted by Crippen LogP contribution is 2.40. The molecule has 1 aliphatic carbocycles. The lowest BCUT2D eigenvalue weighted by atomic mass is 9.88. The van der Waals surface area contributed by atoms with Crippen LogP contribution in [-0.4, -0.2) is 15.4 Å².